The fourth-order valence-corrected chi connectivity index (χ4v) is 3.90. The number of hydrogen-bond acceptors (Lipinski definition) is 3. The standard InChI is InChI=1S/C23H24N2O3/c26-20-8-9-22-21(16-20)19(15-23(27)28-22)17-25-13-11-24(12-14-25)10-4-7-18-5-2-1-3-6-18/h1-9,15-16,26H,10-14,17H2/p+2. The van der Waals surface area contributed by atoms with Crippen molar-refractivity contribution in [2.75, 3.05) is 32.7 Å². The number of nitrogens with one attached hydrogen (secondary N) is 2. The minimum atomic E-state index is -0.331. The van der Waals surface area contributed by atoms with E-state index in [0.29, 0.717) is 5.58 Å². The van der Waals surface area contributed by atoms with Crippen LogP contribution >= 0.6 is 0 Å². The maximum absolute atomic E-state index is 11.9. The van der Waals surface area contributed by atoms with Crippen LogP contribution in [0, 0.1) is 0 Å². The average molecular weight is 378 g/mol. The Morgan fingerprint density at radius 2 is 1.71 bits per heavy atom. The molecule has 1 aromatic heterocycles. The zero-order valence-electron chi connectivity index (χ0n) is 15.9. The summed E-state index contributed by atoms with van der Waals surface area (Å²) in [5.74, 6) is 0.192. The Kier molecular flexibility index (Phi) is 5.55. The number of phenolic OH excluding ortho intramolecular Hbond substituents is 1. The molecule has 0 radical (unpaired) electrons. The van der Waals surface area contributed by atoms with Crippen molar-refractivity contribution in [3.05, 3.63) is 82.2 Å². The molecule has 1 saturated heterocycles. The SMILES string of the molecule is O=c1cc(C[NH+]2CC[NH+](CC=Cc3ccccc3)CC2)c2cc(O)ccc2o1. The number of quaternary nitrogens is 2. The summed E-state index contributed by atoms with van der Waals surface area (Å²) in [6.45, 7) is 6.16. The van der Waals surface area contributed by atoms with Gasteiger partial charge in [0.15, 0.2) is 0 Å². The van der Waals surface area contributed by atoms with Crippen LogP contribution in [0.15, 0.2) is 69.9 Å². The van der Waals surface area contributed by atoms with Crippen LogP contribution in [0.25, 0.3) is 17.0 Å². The summed E-state index contributed by atoms with van der Waals surface area (Å²) >= 11 is 0. The highest BCUT2D eigenvalue weighted by Gasteiger charge is 2.23. The summed E-state index contributed by atoms with van der Waals surface area (Å²) in [6, 6.07) is 16.8. The maximum atomic E-state index is 11.9. The Morgan fingerprint density at radius 1 is 0.964 bits per heavy atom. The molecule has 0 amide bonds. The normalized spacial score (nSPS) is 20.0. The highest BCUT2D eigenvalue weighted by Crippen LogP contribution is 2.21. The third-order valence-corrected chi connectivity index (χ3v) is 5.43. The lowest BCUT2D eigenvalue weighted by Crippen LogP contribution is -3.27. The van der Waals surface area contributed by atoms with Gasteiger partial charge in [-0.05, 0) is 29.8 Å². The van der Waals surface area contributed by atoms with Crippen LogP contribution in [0.1, 0.15) is 11.1 Å². The molecule has 5 nitrogen and oxygen atoms in total. The third kappa shape index (κ3) is 4.50. The van der Waals surface area contributed by atoms with Crippen LogP contribution < -0.4 is 15.4 Å². The van der Waals surface area contributed by atoms with Gasteiger partial charge >= 0.3 is 5.63 Å². The van der Waals surface area contributed by atoms with Crippen molar-refractivity contribution >= 4 is 17.0 Å². The molecule has 0 atom stereocenters. The summed E-state index contributed by atoms with van der Waals surface area (Å²) in [5, 5.41) is 10.6. The van der Waals surface area contributed by atoms with E-state index in [2.05, 4.69) is 36.4 Å². The first-order chi connectivity index (χ1) is 13.7. The van der Waals surface area contributed by atoms with E-state index in [1.807, 2.05) is 6.07 Å². The molecule has 0 spiro atoms. The van der Waals surface area contributed by atoms with Crippen LogP contribution in [0.3, 0.4) is 0 Å². The second-order valence-corrected chi connectivity index (χ2v) is 7.47. The lowest BCUT2D eigenvalue weighted by molar-refractivity contribution is -1.02. The lowest BCUT2D eigenvalue weighted by Gasteiger charge is -2.29. The fourth-order valence-electron chi connectivity index (χ4n) is 3.90. The fraction of sp³-hybridized carbons (Fsp3) is 0.261. The van der Waals surface area contributed by atoms with E-state index in [-0.39, 0.29) is 11.4 Å². The molecular formula is C23H26N2O3+2. The average Bonchev–Trinajstić information content (AvgIpc) is 2.71. The number of hydrogen-bond donors (Lipinski definition) is 3. The molecule has 0 saturated carbocycles. The van der Waals surface area contributed by atoms with Crippen LogP contribution in [0.5, 0.6) is 5.75 Å². The van der Waals surface area contributed by atoms with Gasteiger partial charge in [0.1, 0.15) is 44.1 Å². The van der Waals surface area contributed by atoms with Gasteiger partial charge in [0, 0.05) is 17.0 Å². The topological polar surface area (TPSA) is 59.3 Å². The third-order valence-electron chi connectivity index (χ3n) is 5.43. The van der Waals surface area contributed by atoms with Crippen molar-refractivity contribution in [3.63, 3.8) is 0 Å². The molecule has 144 valence electrons. The lowest BCUT2D eigenvalue weighted by atomic mass is 10.1. The van der Waals surface area contributed by atoms with Crippen molar-refractivity contribution in [2.24, 2.45) is 0 Å². The zero-order valence-corrected chi connectivity index (χ0v) is 15.9. The van der Waals surface area contributed by atoms with Gasteiger partial charge in [-0.3, -0.25) is 0 Å². The monoisotopic (exact) mass is 378 g/mol. The van der Waals surface area contributed by atoms with Gasteiger partial charge in [-0.2, -0.15) is 0 Å². The molecule has 4 rings (SSSR count). The predicted octanol–water partition coefficient (Wildman–Crippen LogP) is 0.495. The molecule has 0 bridgehead atoms. The number of benzene rings is 2. The van der Waals surface area contributed by atoms with Crippen molar-refractivity contribution in [1.29, 1.82) is 0 Å². The Bertz CT molecular complexity index is 1020. The van der Waals surface area contributed by atoms with E-state index in [9.17, 15) is 9.90 Å². The summed E-state index contributed by atoms with van der Waals surface area (Å²) in [5.41, 5.74) is 2.40. The Labute approximate surface area is 164 Å². The Balaban J connectivity index is 1.36. The van der Waals surface area contributed by atoms with Crippen LogP contribution in [-0.2, 0) is 6.54 Å². The molecule has 0 aliphatic carbocycles. The first-order valence-electron chi connectivity index (χ1n) is 9.82. The van der Waals surface area contributed by atoms with E-state index in [0.717, 1.165) is 50.2 Å². The summed E-state index contributed by atoms with van der Waals surface area (Å²) in [4.78, 5) is 14.9. The zero-order chi connectivity index (χ0) is 19.3. The van der Waals surface area contributed by atoms with E-state index in [1.165, 1.54) is 10.5 Å². The minimum Gasteiger partial charge on any atom is -0.508 e. The molecule has 1 fully saturated rings. The number of phenols is 1. The van der Waals surface area contributed by atoms with Crippen molar-refractivity contribution in [3.8, 4) is 5.75 Å². The molecule has 5 heteroatoms. The first-order valence-corrected chi connectivity index (χ1v) is 9.82. The maximum Gasteiger partial charge on any atom is 0.336 e. The quantitative estimate of drug-likeness (QED) is 0.567. The largest absolute Gasteiger partial charge is 0.508 e. The number of rotatable bonds is 5. The number of piperazine rings is 1. The van der Waals surface area contributed by atoms with Crippen molar-refractivity contribution < 1.29 is 19.3 Å². The molecule has 2 aromatic carbocycles. The molecule has 1 aliphatic heterocycles. The molecule has 3 aromatic rings. The molecule has 2 heterocycles. The van der Waals surface area contributed by atoms with Gasteiger partial charge in [-0.15, -0.1) is 0 Å². The highest BCUT2D eigenvalue weighted by atomic mass is 16.4. The smallest absolute Gasteiger partial charge is 0.336 e. The van der Waals surface area contributed by atoms with E-state index >= 15 is 0 Å². The van der Waals surface area contributed by atoms with Crippen LogP contribution in [0.4, 0.5) is 0 Å². The van der Waals surface area contributed by atoms with E-state index in [4.69, 9.17) is 4.42 Å². The second-order valence-electron chi connectivity index (χ2n) is 7.47. The van der Waals surface area contributed by atoms with Crippen LogP contribution in [0.2, 0.25) is 0 Å². The van der Waals surface area contributed by atoms with Gasteiger partial charge in [-0.25, -0.2) is 4.79 Å². The van der Waals surface area contributed by atoms with Gasteiger partial charge in [0.2, 0.25) is 0 Å². The summed E-state index contributed by atoms with van der Waals surface area (Å²) < 4.78 is 5.26. The molecular weight excluding hydrogens is 352 g/mol. The van der Waals surface area contributed by atoms with Gasteiger partial charge < -0.3 is 19.3 Å². The number of aromatic hydroxyl groups is 1. The second kappa shape index (κ2) is 8.42. The molecule has 3 N–H and O–H groups in total. The summed E-state index contributed by atoms with van der Waals surface area (Å²) in [7, 11) is 0. The van der Waals surface area contributed by atoms with Crippen molar-refractivity contribution in [1.82, 2.24) is 0 Å². The van der Waals surface area contributed by atoms with E-state index in [1.54, 1.807) is 29.2 Å². The predicted molar refractivity (Wildman–Crippen MR) is 110 cm³/mol. The van der Waals surface area contributed by atoms with E-state index < -0.39 is 0 Å². The molecule has 1 aliphatic rings. The summed E-state index contributed by atoms with van der Waals surface area (Å²) in [6.07, 6.45) is 4.45. The van der Waals surface area contributed by atoms with Crippen molar-refractivity contribution in [2.45, 2.75) is 6.54 Å². The van der Waals surface area contributed by atoms with Gasteiger partial charge in [-0.1, -0.05) is 36.4 Å². The van der Waals surface area contributed by atoms with Gasteiger partial charge in [0.05, 0.1) is 6.54 Å². The first kappa shape index (κ1) is 18.5. The highest BCUT2D eigenvalue weighted by molar-refractivity contribution is 5.81. The van der Waals surface area contributed by atoms with Crippen LogP contribution in [-0.4, -0.2) is 37.8 Å². The molecule has 28 heavy (non-hydrogen) atoms. The number of fused-ring (bicyclic) bond motifs is 1. The Morgan fingerprint density at radius 3 is 2.50 bits per heavy atom. The Hall–Kier alpha value is -2.89. The molecule has 0 unspecified atom stereocenters. The minimum absolute atomic E-state index is 0.192. The van der Waals surface area contributed by atoms with Gasteiger partial charge in [0.25, 0.3) is 0 Å².